The molecule has 3 aliphatic rings. The quantitative estimate of drug-likeness (QED) is 0.294. The molecule has 3 aromatic heterocycles. The number of fused-ring (bicyclic) bond motifs is 10. The monoisotopic (exact) mass is 573 g/mol. The Bertz CT molecular complexity index is 1940. The number of benzene rings is 2. The van der Waals surface area contributed by atoms with Crippen molar-refractivity contribution in [1.29, 1.82) is 0 Å². The summed E-state index contributed by atoms with van der Waals surface area (Å²) >= 11 is 0. The van der Waals surface area contributed by atoms with Gasteiger partial charge in [0.15, 0.2) is 5.82 Å². The zero-order valence-electron chi connectivity index (χ0n) is 24.5. The predicted molar refractivity (Wildman–Crippen MR) is 168 cm³/mol. The minimum Gasteiger partial charge on any atom is -0.494 e. The van der Waals surface area contributed by atoms with Crippen LogP contribution in [0, 0.1) is 0 Å². The Morgan fingerprint density at radius 2 is 2.02 bits per heavy atom. The molecule has 8 rings (SSSR count). The first-order valence-electron chi connectivity index (χ1n) is 15.1. The van der Waals surface area contributed by atoms with Crippen LogP contribution in [0.1, 0.15) is 47.7 Å². The average molecular weight is 574 g/mol. The molecule has 6 heterocycles. The topological polar surface area (TPSA) is 113 Å². The molecule has 0 unspecified atom stereocenters. The molecule has 218 valence electrons. The fourth-order valence-electron chi connectivity index (χ4n) is 6.96. The number of amides is 1. The number of rotatable bonds is 2. The number of allylic oxidation sites excluding steroid dienone is 1. The Morgan fingerprint density at radius 1 is 1.12 bits per heavy atom. The van der Waals surface area contributed by atoms with E-state index < -0.39 is 0 Å². The zero-order chi connectivity index (χ0) is 29.3. The summed E-state index contributed by atoms with van der Waals surface area (Å²) in [5.41, 5.74) is 12.7. The first kappa shape index (κ1) is 26.2. The number of aromatic nitrogens is 4. The highest BCUT2D eigenvalue weighted by Gasteiger charge is 2.62. The number of imidazole rings is 1. The number of nitrogens with one attached hydrogen (secondary N) is 1. The van der Waals surface area contributed by atoms with Gasteiger partial charge in [0.2, 0.25) is 0 Å². The molecule has 1 amide bonds. The summed E-state index contributed by atoms with van der Waals surface area (Å²) in [6, 6.07) is 18.9. The third kappa shape index (κ3) is 4.17. The van der Waals surface area contributed by atoms with Gasteiger partial charge in [-0.3, -0.25) is 4.79 Å². The van der Waals surface area contributed by atoms with E-state index >= 15 is 0 Å². The summed E-state index contributed by atoms with van der Waals surface area (Å²) in [5, 5.41) is 4.48. The molecule has 0 radical (unpaired) electrons. The van der Waals surface area contributed by atoms with Crippen molar-refractivity contribution in [1.82, 2.24) is 29.3 Å². The van der Waals surface area contributed by atoms with Crippen LogP contribution >= 0.6 is 0 Å². The molecule has 9 nitrogen and oxygen atoms in total. The van der Waals surface area contributed by atoms with Crippen molar-refractivity contribution >= 4 is 34.1 Å². The van der Waals surface area contributed by atoms with Gasteiger partial charge in [-0.05, 0) is 73.7 Å². The minimum absolute atomic E-state index is 0.102. The number of aryl methyl sites for hydroxylation is 1. The highest BCUT2D eigenvalue weighted by atomic mass is 16.5. The van der Waals surface area contributed by atoms with Crippen LogP contribution in [0.4, 0.5) is 0 Å². The molecule has 2 saturated heterocycles. The second-order valence-electron chi connectivity index (χ2n) is 12.2. The summed E-state index contributed by atoms with van der Waals surface area (Å²) in [6.45, 7) is 4.09. The predicted octanol–water partition coefficient (Wildman–Crippen LogP) is 4.78. The van der Waals surface area contributed by atoms with Crippen LogP contribution in [0.2, 0.25) is 0 Å². The van der Waals surface area contributed by atoms with Crippen LogP contribution < -0.4 is 15.8 Å². The van der Waals surface area contributed by atoms with Crippen LogP contribution in [0.3, 0.4) is 0 Å². The number of nitrogens with two attached hydrogens (primary N) is 1. The second-order valence-corrected chi connectivity index (χ2v) is 12.2. The van der Waals surface area contributed by atoms with E-state index in [9.17, 15) is 4.79 Å². The standard InChI is InChI=1S/C34H35N7O2/c1-34-28(38-34)20-41(33(34)35)32(42)24-16-25-29(27(18-24)43-2)40-19-22-11-7-10-21(15-22)9-5-3-4-6-14-39-26(31(40)37-25)17-23-12-8-13-36-30(23)39/h5,7-13,15-18,28,33,38H,3-4,6,14,19-20,35H2,1-2H3/b9-5-/t28-,33+,34+/m1/s1. The molecule has 3 N–H and O–H groups in total. The van der Waals surface area contributed by atoms with Crippen molar-refractivity contribution in [3.63, 3.8) is 0 Å². The molecule has 43 heavy (non-hydrogen) atoms. The number of methoxy groups -OCH3 is 1. The minimum atomic E-state index is -0.382. The SMILES string of the molecule is COc1cc(C(=O)N2C[C@H]3N[C@]3(C)[C@H]2N)cc2nc3n(c12)Cc1cccc(c1)/C=C\CCCCn1c-3cc2cccnc21. The van der Waals surface area contributed by atoms with Crippen LogP contribution in [0.5, 0.6) is 5.75 Å². The highest BCUT2D eigenvalue weighted by molar-refractivity contribution is 6.00. The Hall–Kier alpha value is -4.47. The molecule has 2 bridgehead atoms. The van der Waals surface area contributed by atoms with E-state index in [0.29, 0.717) is 29.9 Å². The largest absolute Gasteiger partial charge is 0.494 e. The second kappa shape index (κ2) is 9.79. The van der Waals surface area contributed by atoms with Gasteiger partial charge in [-0.2, -0.15) is 0 Å². The number of carbonyl (C=O) groups is 1. The molecular weight excluding hydrogens is 538 g/mol. The first-order chi connectivity index (χ1) is 20.9. The molecule has 3 aliphatic heterocycles. The molecule has 0 aliphatic carbocycles. The third-order valence-corrected chi connectivity index (χ3v) is 9.48. The maximum Gasteiger partial charge on any atom is 0.255 e. The van der Waals surface area contributed by atoms with Gasteiger partial charge in [-0.15, -0.1) is 0 Å². The van der Waals surface area contributed by atoms with E-state index in [0.717, 1.165) is 59.4 Å². The van der Waals surface area contributed by atoms with Gasteiger partial charge in [0.25, 0.3) is 5.91 Å². The van der Waals surface area contributed by atoms with Gasteiger partial charge in [0.05, 0.1) is 30.0 Å². The lowest BCUT2D eigenvalue weighted by Gasteiger charge is -2.27. The fraction of sp³-hybridized carbons (Fsp3) is 0.324. The molecule has 5 aromatic rings. The molecule has 2 fully saturated rings. The number of nitrogens with zero attached hydrogens (tertiary/aromatic N) is 5. The van der Waals surface area contributed by atoms with E-state index in [1.165, 1.54) is 5.56 Å². The van der Waals surface area contributed by atoms with Crippen LogP contribution in [0.25, 0.3) is 39.7 Å². The zero-order valence-corrected chi connectivity index (χ0v) is 24.5. The van der Waals surface area contributed by atoms with Crippen molar-refractivity contribution in [2.24, 2.45) is 5.73 Å². The Kier molecular flexibility index (Phi) is 5.96. The van der Waals surface area contributed by atoms with E-state index in [4.69, 9.17) is 20.4 Å². The Morgan fingerprint density at radius 3 is 2.86 bits per heavy atom. The average Bonchev–Trinajstić information content (AvgIpc) is 3.25. The van der Waals surface area contributed by atoms with Crippen LogP contribution in [-0.4, -0.2) is 61.3 Å². The highest BCUT2D eigenvalue weighted by Crippen LogP contribution is 2.40. The molecule has 0 spiro atoms. The summed E-state index contributed by atoms with van der Waals surface area (Å²) in [6.07, 6.45) is 9.06. The van der Waals surface area contributed by atoms with E-state index in [1.54, 1.807) is 12.0 Å². The number of pyridine rings is 1. The van der Waals surface area contributed by atoms with Crippen molar-refractivity contribution in [2.45, 2.75) is 57.0 Å². The third-order valence-electron chi connectivity index (χ3n) is 9.48. The summed E-state index contributed by atoms with van der Waals surface area (Å²) in [5.74, 6) is 1.33. The molecule has 3 atom stereocenters. The molecular formula is C34H35N7O2. The first-order valence-corrected chi connectivity index (χ1v) is 15.1. The van der Waals surface area contributed by atoms with Gasteiger partial charge in [0, 0.05) is 42.8 Å². The molecule has 2 aromatic carbocycles. The normalized spacial score (nSPS) is 23.8. The van der Waals surface area contributed by atoms with Gasteiger partial charge in [0.1, 0.15) is 16.9 Å². The fourth-order valence-corrected chi connectivity index (χ4v) is 6.96. The number of carbonyl (C=O) groups excluding carboxylic acids is 1. The van der Waals surface area contributed by atoms with Crippen LogP contribution in [0.15, 0.2) is 66.9 Å². The van der Waals surface area contributed by atoms with Gasteiger partial charge in [-0.25, -0.2) is 9.97 Å². The van der Waals surface area contributed by atoms with Gasteiger partial charge in [-0.1, -0.05) is 30.4 Å². The molecule has 0 saturated carbocycles. The molecule has 9 heteroatoms. The number of ether oxygens (including phenoxy) is 1. The van der Waals surface area contributed by atoms with E-state index in [1.807, 2.05) is 24.4 Å². The smallest absolute Gasteiger partial charge is 0.255 e. The number of hydrogen-bond acceptors (Lipinski definition) is 6. The lowest BCUT2D eigenvalue weighted by Crippen LogP contribution is -2.51. The van der Waals surface area contributed by atoms with E-state index in [-0.39, 0.29) is 23.7 Å². The van der Waals surface area contributed by atoms with Crippen molar-refractivity contribution in [3.05, 3.63) is 83.6 Å². The van der Waals surface area contributed by atoms with Crippen molar-refractivity contribution in [2.75, 3.05) is 13.7 Å². The lowest BCUT2D eigenvalue weighted by atomic mass is 10.1. The van der Waals surface area contributed by atoms with Crippen molar-refractivity contribution in [3.8, 4) is 17.3 Å². The number of hydrogen-bond donors (Lipinski definition) is 2. The number of likely N-dealkylation sites (tertiary alicyclic amines) is 1. The van der Waals surface area contributed by atoms with Gasteiger partial charge >= 0.3 is 0 Å². The Labute approximate surface area is 250 Å². The number of piperazine rings is 1. The maximum atomic E-state index is 13.8. The van der Waals surface area contributed by atoms with Crippen molar-refractivity contribution < 1.29 is 9.53 Å². The maximum absolute atomic E-state index is 13.8. The summed E-state index contributed by atoms with van der Waals surface area (Å²) in [4.78, 5) is 25.6. The summed E-state index contributed by atoms with van der Waals surface area (Å²) in [7, 11) is 1.65. The lowest BCUT2D eigenvalue weighted by molar-refractivity contribution is 0.0702. The van der Waals surface area contributed by atoms with E-state index in [2.05, 4.69) is 69.9 Å². The van der Waals surface area contributed by atoms with Gasteiger partial charge < -0.3 is 29.8 Å². The summed E-state index contributed by atoms with van der Waals surface area (Å²) < 4.78 is 10.5. The Balaban J connectivity index is 1.33. The van der Waals surface area contributed by atoms with Crippen LogP contribution in [-0.2, 0) is 13.1 Å².